The van der Waals surface area contributed by atoms with Crippen LogP contribution in [0.25, 0.3) is 0 Å². The van der Waals surface area contributed by atoms with E-state index in [1.165, 1.54) is 5.01 Å². The van der Waals surface area contributed by atoms with Crippen molar-refractivity contribution in [2.45, 2.75) is 39.3 Å². The summed E-state index contributed by atoms with van der Waals surface area (Å²) in [6.07, 6.45) is 7.98. The van der Waals surface area contributed by atoms with Crippen molar-refractivity contribution in [2.75, 3.05) is 20.1 Å². The van der Waals surface area contributed by atoms with E-state index in [-0.39, 0.29) is 0 Å². The van der Waals surface area contributed by atoms with E-state index in [1.54, 1.807) is 11.3 Å². The fourth-order valence-corrected chi connectivity index (χ4v) is 3.93. The first-order valence-electron chi connectivity index (χ1n) is 8.57. The quantitative estimate of drug-likeness (QED) is 0.683. The Morgan fingerprint density at radius 1 is 1.50 bits per heavy atom. The van der Waals surface area contributed by atoms with Crippen LogP contribution in [0, 0.1) is 5.92 Å². The third-order valence-electron chi connectivity index (χ3n) is 4.67. The summed E-state index contributed by atoms with van der Waals surface area (Å²) < 4.78 is 2.22. The first-order chi connectivity index (χ1) is 11.7. The molecule has 1 aliphatic rings. The average Bonchev–Trinajstić information content (AvgIpc) is 3.28. The fraction of sp³-hybridized carbons (Fsp3) is 0.588. The molecule has 3 rings (SSSR count). The number of nitrogens with one attached hydrogen (secondary N) is 1. The highest BCUT2D eigenvalue weighted by Crippen LogP contribution is 2.27. The Bertz CT molecular complexity index is 662. The Labute approximate surface area is 147 Å². The number of thiazole rings is 1. The summed E-state index contributed by atoms with van der Waals surface area (Å²) in [5, 5.41) is 6.79. The Hall–Kier alpha value is -1.89. The molecule has 3 heterocycles. The highest BCUT2D eigenvalue weighted by molar-refractivity contribution is 7.09. The van der Waals surface area contributed by atoms with Gasteiger partial charge in [0.15, 0.2) is 5.96 Å². The van der Waals surface area contributed by atoms with Gasteiger partial charge in [-0.1, -0.05) is 13.8 Å². The van der Waals surface area contributed by atoms with Gasteiger partial charge in [0.05, 0.1) is 29.6 Å². The molecular weight excluding hydrogens is 320 g/mol. The lowest BCUT2D eigenvalue weighted by atomic mass is 9.93. The second kappa shape index (κ2) is 7.79. The van der Waals surface area contributed by atoms with Gasteiger partial charge >= 0.3 is 0 Å². The molecule has 0 aliphatic carbocycles. The van der Waals surface area contributed by atoms with Crippen LogP contribution in [-0.2, 0) is 13.0 Å². The number of guanidine groups is 1. The molecule has 24 heavy (non-hydrogen) atoms. The monoisotopic (exact) mass is 346 g/mol. The Kier molecular flexibility index (Phi) is 5.50. The zero-order chi connectivity index (χ0) is 16.9. The lowest BCUT2D eigenvalue weighted by molar-refractivity contribution is 0.189. The van der Waals surface area contributed by atoms with E-state index in [2.05, 4.69) is 55.2 Å². The van der Waals surface area contributed by atoms with Gasteiger partial charge in [0.1, 0.15) is 0 Å². The van der Waals surface area contributed by atoms with Gasteiger partial charge in [-0.2, -0.15) is 0 Å². The van der Waals surface area contributed by atoms with Crippen molar-refractivity contribution in [2.24, 2.45) is 10.9 Å². The van der Waals surface area contributed by atoms with Crippen LogP contribution >= 0.6 is 11.3 Å². The summed E-state index contributed by atoms with van der Waals surface area (Å²) in [6.45, 7) is 7.17. The third-order valence-corrected chi connectivity index (χ3v) is 5.71. The number of likely N-dealkylation sites (tertiary alicyclic amines) is 1. The largest absolute Gasteiger partial charge is 0.351 e. The Balaban J connectivity index is 1.62. The lowest BCUT2D eigenvalue weighted by Gasteiger charge is -2.39. The normalized spacial score (nSPS) is 22.0. The summed E-state index contributed by atoms with van der Waals surface area (Å²) in [4.78, 5) is 15.6. The summed E-state index contributed by atoms with van der Waals surface area (Å²) in [5.74, 6) is 1.59. The highest BCUT2D eigenvalue weighted by atomic mass is 32.1. The summed E-state index contributed by atoms with van der Waals surface area (Å²) in [5.41, 5.74) is 1.09. The van der Waals surface area contributed by atoms with Gasteiger partial charge in [0, 0.05) is 37.9 Å². The van der Waals surface area contributed by atoms with Crippen LogP contribution in [0.3, 0.4) is 0 Å². The van der Waals surface area contributed by atoms with Gasteiger partial charge in [0.25, 0.3) is 0 Å². The zero-order valence-electron chi connectivity index (χ0n) is 14.6. The van der Waals surface area contributed by atoms with E-state index in [1.807, 2.05) is 19.6 Å². The van der Waals surface area contributed by atoms with E-state index in [0.29, 0.717) is 12.0 Å². The molecule has 2 unspecified atom stereocenters. The molecule has 0 bridgehead atoms. The molecule has 0 saturated carbocycles. The minimum atomic E-state index is 0.436. The van der Waals surface area contributed by atoms with Crippen LogP contribution in [0.15, 0.2) is 29.1 Å². The SMILES string of the molecule is CCc1nc(CNC(=NC)N2CCC(C)C(n3ccnc3)C2)cs1. The number of hydrogen-bond acceptors (Lipinski definition) is 4. The van der Waals surface area contributed by atoms with Crippen molar-refractivity contribution in [3.8, 4) is 0 Å². The molecule has 2 aromatic rings. The number of piperidine rings is 1. The predicted octanol–water partition coefficient (Wildman–Crippen LogP) is 2.56. The molecule has 130 valence electrons. The number of hydrogen-bond donors (Lipinski definition) is 1. The fourth-order valence-electron chi connectivity index (χ4n) is 3.19. The molecule has 1 saturated heterocycles. The molecule has 1 aliphatic heterocycles. The molecule has 0 amide bonds. The first kappa shape index (κ1) is 17.0. The van der Waals surface area contributed by atoms with Gasteiger partial charge in [-0.05, 0) is 18.8 Å². The molecule has 0 radical (unpaired) electrons. The molecule has 0 aromatic carbocycles. The van der Waals surface area contributed by atoms with Crippen molar-refractivity contribution in [3.63, 3.8) is 0 Å². The molecule has 2 aromatic heterocycles. The first-order valence-corrected chi connectivity index (χ1v) is 9.45. The van der Waals surface area contributed by atoms with E-state index in [9.17, 15) is 0 Å². The lowest BCUT2D eigenvalue weighted by Crippen LogP contribution is -2.48. The molecule has 1 fully saturated rings. The standard InChI is InChI=1S/C17H26N6S/c1-4-16-21-14(11-24-16)9-20-17(18-3)22-7-5-13(2)15(10-22)23-8-6-19-12-23/h6,8,11-13,15H,4-5,7,9-10H2,1-3H3,(H,18,20). The number of aliphatic imine (C=N–C) groups is 1. The van der Waals surface area contributed by atoms with Crippen LogP contribution < -0.4 is 5.32 Å². The molecule has 2 atom stereocenters. The molecule has 6 nitrogen and oxygen atoms in total. The maximum Gasteiger partial charge on any atom is 0.194 e. The average molecular weight is 347 g/mol. The molecule has 0 spiro atoms. The smallest absolute Gasteiger partial charge is 0.194 e. The second-order valence-electron chi connectivity index (χ2n) is 6.28. The van der Waals surface area contributed by atoms with Crippen molar-refractivity contribution in [3.05, 3.63) is 34.8 Å². The number of aromatic nitrogens is 3. The number of aryl methyl sites for hydroxylation is 1. The summed E-state index contributed by atoms with van der Waals surface area (Å²) in [6, 6.07) is 0.436. The van der Waals surface area contributed by atoms with E-state index in [0.717, 1.165) is 44.1 Å². The van der Waals surface area contributed by atoms with Crippen LogP contribution in [-0.4, -0.2) is 45.5 Å². The van der Waals surface area contributed by atoms with Gasteiger partial charge in [-0.25, -0.2) is 9.97 Å². The van der Waals surface area contributed by atoms with E-state index in [4.69, 9.17) is 0 Å². The molecular formula is C17H26N6S. The van der Waals surface area contributed by atoms with Crippen LogP contribution in [0.5, 0.6) is 0 Å². The maximum absolute atomic E-state index is 4.62. The van der Waals surface area contributed by atoms with Crippen molar-refractivity contribution >= 4 is 17.3 Å². The third kappa shape index (κ3) is 3.77. The minimum Gasteiger partial charge on any atom is -0.351 e. The second-order valence-corrected chi connectivity index (χ2v) is 7.22. The van der Waals surface area contributed by atoms with E-state index < -0.39 is 0 Å². The Morgan fingerprint density at radius 3 is 3.04 bits per heavy atom. The van der Waals surface area contributed by atoms with Gasteiger partial charge in [-0.15, -0.1) is 11.3 Å². The summed E-state index contributed by atoms with van der Waals surface area (Å²) >= 11 is 1.73. The number of nitrogens with zero attached hydrogens (tertiary/aromatic N) is 5. The van der Waals surface area contributed by atoms with E-state index >= 15 is 0 Å². The topological polar surface area (TPSA) is 58.3 Å². The van der Waals surface area contributed by atoms with Gasteiger partial charge in [-0.3, -0.25) is 4.99 Å². The zero-order valence-corrected chi connectivity index (χ0v) is 15.5. The summed E-state index contributed by atoms with van der Waals surface area (Å²) in [7, 11) is 1.85. The number of rotatable bonds is 4. The highest BCUT2D eigenvalue weighted by Gasteiger charge is 2.28. The van der Waals surface area contributed by atoms with Crippen molar-refractivity contribution < 1.29 is 0 Å². The van der Waals surface area contributed by atoms with Crippen molar-refractivity contribution in [1.29, 1.82) is 0 Å². The van der Waals surface area contributed by atoms with Crippen LogP contribution in [0.4, 0.5) is 0 Å². The Morgan fingerprint density at radius 2 is 2.38 bits per heavy atom. The molecule has 7 heteroatoms. The van der Waals surface area contributed by atoms with Crippen LogP contribution in [0.2, 0.25) is 0 Å². The minimum absolute atomic E-state index is 0.436. The maximum atomic E-state index is 4.62. The molecule has 1 N–H and O–H groups in total. The van der Waals surface area contributed by atoms with Crippen LogP contribution in [0.1, 0.15) is 37.0 Å². The number of imidazole rings is 1. The van der Waals surface area contributed by atoms with Gasteiger partial charge < -0.3 is 14.8 Å². The predicted molar refractivity (Wildman–Crippen MR) is 98.3 cm³/mol. The van der Waals surface area contributed by atoms with Gasteiger partial charge in [0.2, 0.25) is 0 Å². The van der Waals surface area contributed by atoms with Crippen molar-refractivity contribution in [1.82, 2.24) is 24.8 Å².